The molecule has 7 aromatic rings. The number of rotatable bonds is 12. The zero-order valence-corrected chi connectivity index (χ0v) is 34.4. The third kappa shape index (κ3) is 8.48. The number of benzene rings is 3. The maximum absolute atomic E-state index is 15.1. The van der Waals surface area contributed by atoms with Crippen LogP contribution in [0.2, 0.25) is 5.02 Å². The van der Waals surface area contributed by atoms with Crippen molar-refractivity contribution in [1.82, 2.24) is 39.4 Å². The van der Waals surface area contributed by atoms with Crippen LogP contribution in [0.3, 0.4) is 0 Å². The van der Waals surface area contributed by atoms with Crippen molar-refractivity contribution in [2.24, 2.45) is 0 Å². The van der Waals surface area contributed by atoms with E-state index in [1.54, 1.807) is 32.2 Å². The van der Waals surface area contributed by atoms with Gasteiger partial charge in [0.15, 0.2) is 11.5 Å². The summed E-state index contributed by atoms with van der Waals surface area (Å²) >= 11 is 6.55. The van der Waals surface area contributed by atoms with Crippen LogP contribution in [-0.4, -0.2) is 60.9 Å². The van der Waals surface area contributed by atoms with Crippen LogP contribution in [-0.2, 0) is 33.3 Å². The molecule has 0 radical (unpaired) electrons. The molecule has 62 heavy (non-hydrogen) atoms. The Hall–Kier alpha value is -6.28. The van der Waals surface area contributed by atoms with E-state index in [1.807, 2.05) is 0 Å². The van der Waals surface area contributed by atoms with Gasteiger partial charge in [0.05, 0.1) is 50.7 Å². The number of carbonyl (C=O) groups is 1. The zero-order valence-electron chi connectivity index (χ0n) is 32.8. The smallest absolute Gasteiger partial charge is 0.344 e. The lowest BCUT2D eigenvalue weighted by atomic mass is 10.0. The summed E-state index contributed by atoms with van der Waals surface area (Å²) in [5.74, 6) is -4.09. The van der Waals surface area contributed by atoms with Gasteiger partial charge in [-0.2, -0.15) is 23.4 Å². The lowest BCUT2D eigenvalue weighted by molar-refractivity contribution is -0.141. The number of pyridine rings is 1. The van der Waals surface area contributed by atoms with E-state index >= 15 is 9.18 Å². The molecule has 8 rings (SSSR count). The summed E-state index contributed by atoms with van der Waals surface area (Å²) in [5, 5.41) is 10.6. The molecule has 322 valence electrons. The van der Waals surface area contributed by atoms with Gasteiger partial charge >= 0.3 is 6.18 Å². The normalized spacial score (nSPS) is 14.1. The van der Waals surface area contributed by atoms with Crippen LogP contribution in [0.4, 0.5) is 32.2 Å². The summed E-state index contributed by atoms with van der Waals surface area (Å²) in [6.07, 6.45) is -1.18. The van der Waals surface area contributed by atoms with Gasteiger partial charge in [-0.15, -0.1) is 0 Å². The van der Waals surface area contributed by atoms with Crippen LogP contribution in [0.5, 0.6) is 0 Å². The number of nitrogens with zero attached hydrogens (tertiary/aromatic N) is 7. The summed E-state index contributed by atoms with van der Waals surface area (Å²) in [6.45, 7) is 1.33. The van der Waals surface area contributed by atoms with Crippen molar-refractivity contribution in [1.29, 1.82) is 0 Å². The molecule has 3 aromatic carbocycles. The average molecular weight is 898 g/mol. The predicted octanol–water partition coefficient (Wildman–Crippen LogP) is 7.71. The quantitative estimate of drug-likeness (QED) is 0.118. The summed E-state index contributed by atoms with van der Waals surface area (Å²) in [4.78, 5) is 38.8. The van der Waals surface area contributed by atoms with E-state index in [-0.39, 0.29) is 49.9 Å². The van der Waals surface area contributed by atoms with Crippen LogP contribution in [0.25, 0.3) is 38.9 Å². The largest absolute Gasteiger partial charge is 0.408 e. The second kappa shape index (κ2) is 15.6. The van der Waals surface area contributed by atoms with Crippen LogP contribution < -0.4 is 15.6 Å². The van der Waals surface area contributed by atoms with E-state index in [2.05, 4.69) is 25.2 Å². The Morgan fingerprint density at radius 2 is 1.66 bits per heavy atom. The van der Waals surface area contributed by atoms with Gasteiger partial charge in [0, 0.05) is 30.2 Å². The number of hydrogen-bond acceptors (Lipinski definition) is 8. The van der Waals surface area contributed by atoms with Crippen LogP contribution in [0.15, 0.2) is 83.8 Å². The molecule has 13 nitrogen and oxygen atoms in total. The highest BCUT2D eigenvalue weighted by Crippen LogP contribution is 2.40. The Kier molecular flexibility index (Phi) is 10.6. The molecule has 0 bridgehead atoms. The molecule has 1 aliphatic carbocycles. The minimum atomic E-state index is -4.95. The molecule has 0 aliphatic heterocycles. The molecule has 1 amide bonds. The van der Waals surface area contributed by atoms with E-state index in [9.17, 15) is 35.2 Å². The van der Waals surface area contributed by atoms with E-state index < -0.39 is 86.8 Å². The van der Waals surface area contributed by atoms with Crippen LogP contribution >= 0.6 is 11.6 Å². The van der Waals surface area contributed by atoms with Crippen molar-refractivity contribution in [3.63, 3.8) is 0 Å². The Balaban J connectivity index is 1.42. The van der Waals surface area contributed by atoms with Gasteiger partial charge < -0.3 is 5.32 Å². The first-order valence-electron chi connectivity index (χ1n) is 18.9. The van der Waals surface area contributed by atoms with Crippen LogP contribution in [0, 0.1) is 17.5 Å². The summed E-state index contributed by atoms with van der Waals surface area (Å²) in [5.41, 5.74) is -2.74. The van der Waals surface area contributed by atoms with E-state index in [1.165, 1.54) is 47.1 Å². The number of sulfonamides is 1. The lowest BCUT2D eigenvalue weighted by Gasteiger charge is -2.29. The minimum absolute atomic E-state index is 0.0299. The molecule has 4 aromatic heterocycles. The van der Waals surface area contributed by atoms with Crippen molar-refractivity contribution in [2.45, 2.75) is 63.3 Å². The predicted molar refractivity (Wildman–Crippen MR) is 218 cm³/mol. The van der Waals surface area contributed by atoms with Gasteiger partial charge in [0.2, 0.25) is 15.9 Å². The molecule has 1 saturated carbocycles. The highest BCUT2D eigenvalue weighted by molar-refractivity contribution is 7.92. The average Bonchev–Trinajstić information content (AvgIpc) is 3.79. The summed E-state index contributed by atoms with van der Waals surface area (Å²) in [7, 11) is -4.17. The van der Waals surface area contributed by atoms with Crippen molar-refractivity contribution in [3.05, 3.63) is 129 Å². The number of hydrogen-bond donors (Lipinski definition) is 2. The molecule has 4 heterocycles. The van der Waals surface area contributed by atoms with Crippen molar-refractivity contribution < 1.29 is 39.6 Å². The number of halogens is 7. The number of amides is 1. The maximum atomic E-state index is 15.1. The lowest BCUT2D eigenvalue weighted by Crippen LogP contribution is -2.47. The number of nitrogens with one attached hydrogen (secondary N) is 2. The molecule has 1 fully saturated rings. The highest BCUT2D eigenvalue weighted by atomic mass is 35.5. The summed E-state index contributed by atoms with van der Waals surface area (Å²) < 4.78 is 117. The second-order valence-electron chi connectivity index (χ2n) is 15.5. The fourth-order valence-corrected chi connectivity index (χ4v) is 7.94. The third-order valence-electron chi connectivity index (χ3n) is 10.3. The van der Waals surface area contributed by atoms with Crippen molar-refractivity contribution in [3.8, 4) is 16.9 Å². The number of fused-ring (bicyclic) bond motifs is 2. The molecule has 1 atom stereocenters. The number of anilines is 1. The fourth-order valence-electron chi connectivity index (χ4n) is 7.20. The zero-order chi connectivity index (χ0) is 44.5. The standard InChI is InChI=1S/C41H34ClF6N9O4S/c1-40(2,56-15-14-29(52-56)22-8-9-22)39(59)50-31(18-21-16-23(43)19-24(44)17-21)37-51-35-26(10-12-30(49-35)25-6-4-5-7-28(25)45)38(58)57(37)32-13-11-27(42)33-34(32)55(20-41(46,47)48)53-36(33)54-62(3,60)61/h4-7,10-17,19,22,31H,8-9,18,20H2,1-3H3,(H,50,59)(H,53,54)/t31-/m0/s1. The first-order chi connectivity index (χ1) is 29.2. The topological polar surface area (TPSA) is 159 Å². The van der Waals surface area contributed by atoms with E-state index in [0.29, 0.717) is 10.7 Å². The molecule has 21 heteroatoms. The SMILES string of the molecule is CC(C)(C(=O)N[C@@H](Cc1cc(F)cc(F)c1)c1nc2nc(-c3ccccc3F)ccc2c(=O)n1-c1ccc(Cl)c2c(NS(C)(=O)=O)nn(CC(F)(F)F)c12)n1ccc(C2CC2)n1. The molecule has 1 aliphatic rings. The first kappa shape index (κ1) is 42.4. The molecule has 2 N–H and O–H groups in total. The Bertz CT molecular complexity index is 3090. The number of aromatic nitrogens is 7. The van der Waals surface area contributed by atoms with Crippen molar-refractivity contribution >= 4 is 55.3 Å². The summed E-state index contributed by atoms with van der Waals surface area (Å²) in [6, 6.07) is 13.5. The van der Waals surface area contributed by atoms with Gasteiger partial charge in [-0.25, -0.2) is 31.6 Å². The Morgan fingerprint density at radius 1 is 0.952 bits per heavy atom. The van der Waals surface area contributed by atoms with Crippen LogP contribution in [0.1, 0.15) is 55.7 Å². The van der Waals surface area contributed by atoms with Gasteiger partial charge in [0.1, 0.15) is 35.4 Å². The monoisotopic (exact) mass is 897 g/mol. The Morgan fingerprint density at radius 3 is 2.32 bits per heavy atom. The first-order valence-corrected chi connectivity index (χ1v) is 21.2. The van der Waals surface area contributed by atoms with Crippen molar-refractivity contribution in [2.75, 3.05) is 11.0 Å². The third-order valence-corrected chi connectivity index (χ3v) is 11.2. The second-order valence-corrected chi connectivity index (χ2v) is 17.6. The molecule has 0 saturated heterocycles. The molecular weight excluding hydrogens is 864 g/mol. The highest BCUT2D eigenvalue weighted by Gasteiger charge is 2.37. The van der Waals surface area contributed by atoms with Gasteiger partial charge in [-0.3, -0.25) is 28.2 Å². The fraction of sp³-hybridized carbons (Fsp3) is 0.268. The molecule has 0 unspecified atom stereocenters. The number of carbonyl (C=O) groups excluding carboxylic acids is 1. The van der Waals surface area contributed by atoms with E-state index in [0.717, 1.165) is 41.5 Å². The Labute approximate surface area is 353 Å². The van der Waals surface area contributed by atoms with Gasteiger partial charge in [-0.1, -0.05) is 23.7 Å². The maximum Gasteiger partial charge on any atom is 0.408 e. The van der Waals surface area contributed by atoms with E-state index in [4.69, 9.17) is 16.6 Å². The minimum Gasteiger partial charge on any atom is -0.344 e. The molecular formula is C41H34ClF6N9O4S. The number of alkyl halides is 3. The van der Waals surface area contributed by atoms with Gasteiger partial charge in [0.25, 0.3) is 5.56 Å². The molecule has 0 spiro atoms. The van der Waals surface area contributed by atoms with Gasteiger partial charge in [-0.05, 0) is 86.8 Å².